The van der Waals surface area contributed by atoms with Gasteiger partial charge < -0.3 is 24.4 Å². The Morgan fingerprint density at radius 1 is 1.00 bits per heavy atom. The van der Waals surface area contributed by atoms with Gasteiger partial charge in [0.05, 0.1) is 20.8 Å². The summed E-state index contributed by atoms with van der Waals surface area (Å²) in [6.45, 7) is 0.209. The molecular formula is C19H20O6. The van der Waals surface area contributed by atoms with Crippen molar-refractivity contribution >= 4 is 12.0 Å². The molecule has 0 aliphatic carbocycles. The zero-order valence-corrected chi connectivity index (χ0v) is 14.1. The molecule has 0 saturated heterocycles. The fraction of sp³-hybridized carbons (Fsp3) is 0.211. The van der Waals surface area contributed by atoms with Gasteiger partial charge in [-0.1, -0.05) is 6.07 Å². The normalized spacial score (nSPS) is 10.6. The number of methoxy groups -OCH3 is 2. The van der Waals surface area contributed by atoms with Crippen LogP contribution >= 0.6 is 0 Å². The minimum Gasteiger partial charge on any atom is -0.504 e. The van der Waals surface area contributed by atoms with Crippen molar-refractivity contribution in [3.8, 4) is 23.0 Å². The van der Waals surface area contributed by atoms with E-state index in [2.05, 4.69) is 0 Å². The molecule has 0 aromatic heterocycles. The first-order valence-corrected chi connectivity index (χ1v) is 7.60. The van der Waals surface area contributed by atoms with Crippen LogP contribution in [0.4, 0.5) is 0 Å². The Morgan fingerprint density at radius 3 is 2.28 bits per heavy atom. The molecule has 0 heterocycles. The number of benzene rings is 2. The van der Waals surface area contributed by atoms with Gasteiger partial charge in [-0.25, -0.2) is 4.79 Å². The number of esters is 1. The van der Waals surface area contributed by atoms with E-state index in [9.17, 15) is 15.0 Å². The van der Waals surface area contributed by atoms with E-state index in [4.69, 9.17) is 14.2 Å². The highest BCUT2D eigenvalue weighted by Crippen LogP contribution is 2.25. The SMILES string of the molecule is COc1cc(CCOC(=O)/C=C/c2ccc(O)c(O)c2)cc(OC)c1. The van der Waals surface area contributed by atoms with Crippen LogP contribution in [0.25, 0.3) is 6.08 Å². The summed E-state index contributed by atoms with van der Waals surface area (Å²) in [4.78, 5) is 11.7. The van der Waals surface area contributed by atoms with Gasteiger partial charge in [-0.05, 0) is 41.5 Å². The molecule has 0 fully saturated rings. The molecule has 2 aromatic carbocycles. The van der Waals surface area contributed by atoms with Crippen LogP contribution in [0, 0.1) is 0 Å². The van der Waals surface area contributed by atoms with Crippen LogP contribution in [0.5, 0.6) is 23.0 Å². The highest BCUT2D eigenvalue weighted by atomic mass is 16.5. The Bertz CT molecular complexity index is 744. The van der Waals surface area contributed by atoms with E-state index in [0.717, 1.165) is 5.56 Å². The van der Waals surface area contributed by atoms with Crippen LogP contribution in [-0.4, -0.2) is 37.0 Å². The van der Waals surface area contributed by atoms with E-state index >= 15 is 0 Å². The van der Waals surface area contributed by atoms with Crippen molar-refractivity contribution < 1.29 is 29.2 Å². The number of ether oxygens (including phenoxy) is 3. The lowest BCUT2D eigenvalue weighted by molar-refractivity contribution is -0.137. The first-order chi connectivity index (χ1) is 12.0. The molecule has 0 spiro atoms. The van der Waals surface area contributed by atoms with Crippen LogP contribution < -0.4 is 9.47 Å². The monoisotopic (exact) mass is 344 g/mol. The molecule has 0 aliphatic heterocycles. The summed E-state index contributed by atoms with van der Waals surface area (Å²) in [7, 11) is 3.15. The third kappa shape index (κ3) is 5.46. The Kier molecular flexibility index (Phi) is 6.28. The molecule has 132 valence electrons. The van der Waals surface area contributed by atoms with Crippen molar-refractivity contribution in [3.63, 3.8) is 0 Å². The quantitative estimate of drug-likeness (QED) is 0.456. The molecular weight excluding hydrogens is 324 g/mol. The van der Waals surface area contributed by atoms with Crippen molar-refractivity contribution in [2.45, 2.75) is 6.42 Å². The average molecular weight is 344 g/mol. The number of aromatic hydroxyl groups is 2. The summed E-state index contributed by atoms with van der Waals surface area (Å²) in [5.74, 6) is 0.388. The zero-order valence-electron chi connectivity index (χ0n) is 14.1. The van der Waals surface area contributed by atoms with Gasteiger partial charge in [-0.15, -0.1) is 0 Å². The second-order valence-electron chi connectivity index (χ2n) is 5.22. The van der Waals surface area contributed by atoms with Gasteiger partial charge in [0, 0.05) is 18.6 Å². The van der Waals surface area contributed by atoms with Gasteiger partial charge in [0.25, 0.3) is 0 Å². The lowest BCUT2D eigenvalue weighted by atomic mass is 10.1. The second kappa shape index (κ2) is 8.63. The Labute approximate surface area is 145 Å². The fourth-order valence-electron chi connectivity index (χ4n) is 2.14. The summed E-state index contributed by atoms with van der Waals surface area (Å²) in [5, 5.41) is 18.6. The molecule has 0 unspecified atom stereocenters. The smallest absolute Gasteiger partial charge is 0.330 e. The number of phenolic OH excluding ortho intramolecular Hbond substituents is 2. The second-order valence-corrected chi connectivity index (χ2v) is 5.22. The van der Waals surface area contributed by atoms with E-state index in [1.54, 1.807) is 26.4 Å². The van der Waals surface area contributed by atoms with Crippen molar-refractivity contribution in [2.75, 3.05) is 20.8 Å². The first kappa shape index (κ1) is 18.2. The summed E-state index contributed by atoms with van der Waals surface area (Å²) in [5.41, 5.74) is 1.50. The van der Waals surface area contributed by atoms with Gasteiger partial charge in [-0.2, -0.15) is 0 Å². The first-order valence-electron chi connectivity index (χ1n) is 7.60. The summed E-state index contributed by atoms with van der Waals surface area (Å²) < 4.78 is 15.5. The van der Waals surface area contributed by atoms with Gasteiger partial charge in [-0.3, -0.25) is 0 Å². The van der Waals surface area contributed by atoms with Gasteiger partial charge >= 0.3 is 5.97 Å². The summed E-state index contributed by atoms with van der Waals surface area (Å²) in [6.07, 6.45) is 3.28. The van der Waals surface area contributed by atoms with Crippen LogP contribution in [0.1, 0.15) is 11.1 Å². The van der Waals surface area contributed by atoms with Crippen molar-refractivity contribution in [1.82, 2.24) is 0 Å². The number of hydrogen-bond donors (Lipinski definition) is 2. The minimum absolute atomic E-state index is 0.209. The molecule has 0 atom stereocenters. The average Bonchev–Trinajstić information content (AvgIpc) is 2.62. The Morgan fingerprint density at radius 2 is 1.68 bits per heavy atom. The van der Waals surface area contributed by atoms with Crippen LogP contribution in [0.15, 0.2) is 42.5 Å². The van der Waals surface area contributed by atoms with Crippen molar-refractivity contribution in [3.05, 3.63) is 53.6 Å². The summed E-state index contributed by atoms with van der Waals surface area (Å²) >= 11 is 0. The molecule has 0 bridgehead atoms. The van der Waals surface area contributed by atoms with Crippen LogP contribution in [-0.2, 0) is 16.0 Å². The molecule has 2 aromatic rings. The van der Waals surface area contributed by atoms with Gasteiger partial charge in [0.1, 0.15) is 11.5 Å². The number of rotatable bonds is 7. The number of carbonyl (C=O) groups excluding carboxylic acids is 1. The minimum atomic E-state index is -0.498. The third-order valence-corrected chi connectivity index (χ3v) is 3.46. The van der Waals surface area contributed by atoms with Gasteiger partial charge in [0.15, 0.2) is 11.5 Å². The maximum atomic E-state index is 11.7. The van der Waals surface area contributed by atoms with E-state index in [1.807, 2.05) is 12.1 Å². The number of carbonyl (C=O) groups is 1. The molecule has 25 heavy (non-hydrogen) atoms. The standard InChI is InChI=1S/C19H20O6/c1-23-15-9-14(10-16(12-15)24-2)7-8-25-19(22)6-4-13-3-5-17(20)18(21)11-13/h3-6,9-12,20-21H,7-8H2,1-2H3/b6-4+. The van der Waals surface area contributed by atoms with Gasteiger partial charge in [0.2, 0.25) is 0 Å². The maximum Gasteiger partial charge on any atom is 0.330 e. The van der Waals surface area contributed by atoms with Crippen LogP contribution in [0.2, 0.25) is 0 Å². The molecule has 6 heteroatoms. The largest absolute Gasteiger partial charge is 0.504 e. The van der Waals surface area contributed by atoms with E-state index in [0.29, 0.717) is 23.5 Å². The highest BCUT2D eigenvalue weighted by molar-refractivity contribution is 5.87. The molecule has 6 nitrogen and oxygen atoms in total. The zero-order chi connectivity index (χ0) is 18.2. The lowest BCUT2D eigenvalue weighted by Crippen LogP contribution is -2.05. The molecule has 2 rings (SSSR count). The molecule has 0 saturated carbocycles. The van der Waals surface area contributed by atoms with E-state index in [1.165, 1.54) is 24.3 Å². The lowest BCUT2D eigenvalue weighted by Gasteiger charge is -2.08. The van der Waals surface area contributed by atoms with Crippen LogP contribution in [0.3, 0.4) is 0 Å². The molecule has 2 N–H and O–H groups in total. The van der Waals surface area contributed by atoms with E-state index < -0.39 is 5.97 Å². The van der Waals surface area contributed by atoms with Crippen molar-refractivity contribution in [1.29, 1.82) is 0 Å². The third-order valence-electron chi connectivity index (χ3n) is 3.46. The summed E-state index contributed by atoms with van der Waals surface area (Å²) in [6, 6.07) is 9.74. The molecule has 0 amide bonds. The topological polar surface area (TPSA) is 85.2 Å². The predicted octanol–water partition coefficient (Wildman–Crippen LogP) is 2.91. The highest BCUT2D eigenvalue weighted by Gasteiger charge is 2.04. The van der Waals surface area contributed by atoms with Crippen molar-refractivity contribution in [2.24, 2.45) is 0 Å². The fourth-order valence-corrected chi connectivity index (χ4v) is 2.14. The molecule has 0 radical (unpaired) electrons. The van der Waals surface area contributed by atoms with E-state index in [-0.39, 0.29) is 18.1 Å². The molecule has 0 aliphatic rings. The number of phenols is 2. The Balaban J connectivity index is 1.88. The Hall–Kier alpha value is -3.15. The maximum absolute atomic E-state index is 11.7. The number of hydrogen-bond acceptors (Lipinski definition) is 6. The predicted molar refractivity (Wildman–Crippen MR) is 93.0 cm³/mol.